The van der Waals surface area contributed by atoms with Crippen molar-refractivity contribution in [1.82, 2.24) is 4.90 Å². The lowest BCUT2D eigenvalue weighted by Gasteiger charge is -2.34. The van der Waals surface area contributed by atoms with Crippen molar-refractivity contribution in [2.75, 3.05) is 39.1 Å². The van der Waals surface area contributed by atoms with Gasteiger partial charge < -0.3 is 9.42 Å². The molecule has 1 heterocycles. The van der Waals surface area contributed by atoms with Crippen molar-refractivity contribution in [2.45, 2.75) is 32.1 Å². The van der Waals surface area contributed by atoms with Crippen LogP contribution in [0.3, 0.4) is 0 Å². The largest absolute Gasteiger partial charge is 0.362 e. The minimum absolute atomic E-state index is 0.0610. The van der Waals surface area contributed by atoms with E-state index < -0.39 is 0 Å². The first-order chi connectivity index (χ1) is 7.38. The first kappa shape index (κ1) is 11.8. The van der Waals surface area contributed by atoms with Crippen molar-refractivity contribution in [3.05, 3.63) is 0 Å². The Bertz CT molecular complexity index is 174. The van der Waals surface area contributed by atoms with Gasteiger partial charge in [-0.05, 0) is 18.8 Å². The molecule has 3 heteroatoms. The van der Waals surface area contributed by atoms with Crippen LogP contribution < -0.4 is 0 Å². The molecule has 15 heavy (non-hydrogen) atoms. The van der Waals surface area contributed by atoms with Crippen LogP contribution in [0.2, 0.25) is 0 Å². The molecule has 2 rings (SSSR count). The Morgan fingerprint density at radius 2 is 1.80 bits per heavy atom. The zero-order valence-electron chi connectivity index (χ0n) is 9.95. The first-order valence-corrected chi connectivity index (χ1v) is 8.03. The van der Waals surface area contributed by atoms with E-state index in [1.165, 1.54) is 64.1 Å². The molecular formula is C12H24NOP. The van der Waals surface area contributed by atoms with Crippen LogP contribution in [0.1, 0.15) is 32.1 Å². The van der Waals surface area contributed by atoms with E-state index in [4.69, 9.17) is 4.52 Å². The maximum Gasteiger partial charge on any atom is 0.0398 e. The van der Waals surface area contributed by atoms with Gasteiger partial charge in [0, 0.05) is 47.2 Å². The van der Waals surface area contributed by atoms with E-state index in [-0.39, 0.29) is 8.15 Å². The number of rotatable bonds is 3. The third-order valence-electron chi connectivity index (χ3n) is 3.83. The SMILES string of the molecule is COP1CCN(CC2CCCCC2)CC1. The van der Waals surface area contributed by atoms with Gasteiger partial charge in [-0.3, -0.25) is 0 Å². The van der Waals surface area contributed by atoms with Crippen LogP contribution in [0.25, 0.3) is 0 Å². The quantitative estimate of drug-likeness (QED) is 0.690. The van der Waals surface area contributed by atoms with Crippen molar-refractivity contribution in [3.63, 3.8) is 0 Å². The maximum absolute atomic E-state index is 5.47. The standard InChI is InChI=1S/C12H24NOP/c1-14-15-9-7-13(8-10-15)11-12-5-3-2-4-6-12/h12H,2-11H2,1H3. The van der Waals surface area contributed by atoms with Gasteiger partial charge in [0.25, 0.3) is 0 Å². The van der Waals surface area contributed by atoms with Gasteiger partial charge >= 0.3 is 0 Å². The Labute approximate surface area is 95.2 Å². The monoisotopic (exact) mass is 229 g/mol. The summed E-state index contributed by atoms with van der Waals surface area (Å²) < 4.78 is 5.47. The van der Waals surface area contributed by atoms with E-state index in [2.05, 4.69) is 4.90 Å². The molecule has 2 aliphatic rings. The van der Waals surface area contributed by atoms with Gasteiger partial charge in [0.05, 0.1) is 0 Å². The molecule has 0 bridgehead atoms. The van der Waals surface area contributed by atoms with E-state index in [1.807, 2.05) is 7.11 Å². The van der Waals surface area contributed by atoms with Crippen molar-refractivity contribution < 1.29 is 4.52 Å². The average molecular weight is 229 g/mol. The molecule has 0 N–H and O–H groups in total. The molecule has 0 amide bonds. The van der Waals surface area contributed by atoms with Crippen LogP contribution in [0.4, 0.5) is 0 Å². The number of hydrogen-bond donors (Lipinski definition) is 0. The van der Waals surface area contributed by atoms with Crippen molar-refractivity contribution >= 4 is 8.15 Å². The summed E-state index contributed by atoms with van der Waals surface area (Å²) in [6, 6.07) is 0. The fraction of sp³-hybridized carbons (Fsp3) is 1.00. The second-order valence-electron chi connectivity index (χ2n) is 4.92. The minimum atomic E-state index is -0.0610. The first-order valence-electron chi connectivity index (χ1n) is 6.40. The van der Waals surface area contributed by atoms with Gasteiger partial charge in [-0.2, -0.15) is 0 Å². The van der Waals surface area contributed by atoms with Gasteiger partial charge in [-0.1, -0.05) is 19.3 Å². The molecule has 1 aliphatic carbocycles. The molecular weight excluding hydrogens is 205 g/mol. The van der Waals surface area contributed by atoms with Gasteiger partial charge in [-0.25, -0.2) is 0 Å². The highest BCUT2D eigenvalue weighted by Crippen LogP contribution is 2.38. The third-order valence-corrected chi connectivity index (χ3v) is 5.74. The Morgan fingerprint density at radius 3 is 2.40 bits per heavy atom. The molecule has 1 aliphatic heterocycles. The zero-order chi connectivity index (χ0) is 10.5. The van der Waals surface area contributed by atoms with Gasteiger partial charge in [-0.15, -0.1) is 0 Å². The molecule has 0 aromatic carbocycles. The number of hydrogen-bond acceptors (Lipinski definition) is 2. The summed E-state index contributed by atoms with van der Waals surface area (Å²) in [6.45, 7) is 3.94. The predicted molar refractivity (Wildman–Crippen MR) is 66.7 cm³/mol. The van der Waals surface area contributed by atoms with Crippen LogP contribution in [-0.4, -0.2) is 44.0 Å². The molecule has 88 valence electrons. The summed E-state index contributed by atoms with van der Waals surface area (Å²) in [6.07, 6.45) is 10.0. The average Bonchev–Trinajstić information content (AvgIpc) is 2.31. The molecule has 0 atom stereocenters. The topological polar surface area (TPSA) is 12.5 Å². The van der Waals surface area contributed by atoms with Gasteiger partial charge in [0.15, 0.2) is 0 Å². The third kappa shape index (κ3) is 3.69. The van der Waals surface area contributed by atoms with Crippen LogP contribution in [0, 0.1) is 5.92 Å². The van der Waals surface area contributed by atoms with Crippen molar-refractivity contribution in [3.8, 4) is 0 Å². The summed E-state index contributed by atoms with van der Waals surface area (Å²) in [4.78, 5) is 2.67. The lowest BCUT2D eigenvalue weighted by atomic mass is 9.89. The van der Waals surface area contributed by atoms with Crippen molar-refractivity contribution in [1.29, 1.82) is 0 Å². The molecule has 2 fully saturated rings. The highest BCUT2D eigenvalue weighted by molar-refractivity contribution is 7.52. The zero-order valence-corrected chi connectivity index (χ0v) is 10.8. The van der Waals surface area contributed by atoms with Crippen molar-refractivity contribution in [2.24, 2.45) is 5.92 Å². The number of nitrogens with zero attached hydrogens (tertiary/aromatic N) is 1. The molecule has 0 aromatic heterocycles. The molecule has 0 aromatic rings. The smallest absolute Gasteiger partial charge is 0.0398 e. The molecule has 1 saturated carbocycles. The lowest BCUT2D eigenvalue weighted by molar-refractivity contribution is 0.211. The maximum atomic E-state index is 5.47. The normalized spacial score (nSPS) is 27.0. The summed E-state index contributed by atoms with van der Waals surface area (Å²) in [7, 11) is 1.82. The summed E-state index contributed by atoms with van der Waals surface area (Å²) in [5.74, 6) is 1.01. The van der Waals surface area contributed by atoms with E-state index in [0.29, 0.717) is 0 Å². The van der Waals surface area contributed by atoms with Gasteiger partial charge in [0.2, 0.25) is 0 Å². The molecule has 0 spiro atoms. The second kappa shape index (κ2) is 6.18. The highest BCUT2D eigenvalue weighted by Gasteiger charge is 2.22. The fourth-order valence-electron chi connectivity index (χ4n) is 2.83. The summed E-state index contributed by atoms with van der Waals surface area (Å²) in [5, 5.41) is 0. The van der Waals surface area contributed by atoms with Crippen LogP contribution >= 0.6 is 8.15 Å². The van der Waals surface area contributed by atoms with E-state index in [9.17, 15) is 0 Å². The molecule has 1 saturated heterocycles. The molecule has 2 nitrogen and oxygen atoms in total. The Hall–Kier alpha value is 0.350. The summed E-state index contributed by atoms with van der Waals surface area (Å²) >= 11 is 0. The minimum Gasteiger partial charge on any atom is -0.362 e. The Balaban J connectivity index is 1.67. The Kier molecular flexibility index (Phi) is 4.87. The lowest BCUT2D eigenvalue weighted by Crippen LogP contribution is -2.37. The summed E-state index contributed by atoms with van der Waals surface area (Å²) in [5.41, 5.74) is 0. The van der Waals surface area contributed by atoms with Crippen LogP contribution in [0.5, 0.6) is 0 Å². The van der Waals surface area contributed by atoms with Crippen LogP contribution in [0.15, 0.2) is 0 Å². The van der Waals surface area contributed by atoms with E-state index in [1.54, 1.807) is 0 Å². The molecule has 0 radical (unpaired) electrons. The molecule has 0 unspecified atom stereocenters. The van der Waals surface area contributed by atoms with Crippen LogP contribution in [-0.2, 0) is 4.52 Å². The fourth-order valence-corrected chi connectivity index (χ4v) is 4.43. The Morgan fingerprint density at radius 1 is 1.13 bits per heavy atom. The second-order valence-corrected chi connectivity index (χ2v) is 7.14. The predicted octanol–water partition coefficient (Wildman–Crippen LogP) is 2.93. The highest BCUT2D eigenvalue weighted by atomic mass is 31.1. The van der Waals surface area contributed by atoms with E-state index >= 15 is 0 Å². The van der Waals surface area contributed by atoms with E-state index in [0.717, 1.165) is 5.92 Å². The van der Waals surface area contributed by atoms with Gasteiger partial charge in [0.1, 0.15) is 0 Å².